The highest BCUT2D eigenvalue weighted by atomic mass is 15.1. The van der Waals surface area contributed by atoms with Crippen LogP contribution >= 0.6 is 0 Å². The van der Waals surface area contributed by atoms with Crippen LogP contribution in [-0.4, -0.2) is 4.98 Å². The number of aryl methyl sites for hydroxylation is 1. The van der Waals surface area contributed by atoms with Crippen LogP contribution in [-0.2, 0) is 6.42 Å². The van der Waals surface area contributed by atoms with Crippen LogP contribution in [0, 0.1) is 0 Å². The van der Waals surface area contributed by atoms with Gasteiger partial charge in [-0.1, -0.05) is 140 Å². The molecule has 0 amide bonds. The van der Waals surface area contributed by atoms with E-state index in [1.54, 1.807) is 0 Å². The highest BCUT2D eigenvalue weighted by molar-refractivity contribution is 6.25. The second-order valence-corrected chi connectivity index (χ2v) is 13.8. The Kier molecular flexibility index (Phi) is 7.66. The number of allylic oxidation sites excluding steroid dienone is 1. The van der Waals surface area contributed by atoms with E-state index in [4.69, 9.17) is 0 Å². The Labute approximate surface area is 310 Å². The van der Waals surface area contributed by atoms with Crippen molar-refractivity contribution < 1.29 is 0 Å². The first-order chi connectivity index (χ1) is 26.3. The van der Waals surface area contributed by atoms with Gasteiger partial charge >= 0.3 is 0 Å². The van der Waals surface area contributed by atoms with Crippen molar-refractivity contribution >= 4 is 55.5 Å². The fourth-order valence-electron chi connectivity index (χ4n) is 8.39. The third-order valence-corrected chi connectivity index (χ3v) is 10.8. The minimum Gasteiger partial charge on any atom is -0.309 e. The number of rotatable bonds is 6. The van der Waals surface area contributed by atoms with Gasteiger partial charge in [0.05, 0.1) is 11.9 Å². The lowest BCUT2D eigenvalue weighted by molar-refractivity contribution is 1.00. The van der Waals surface area contributed by atoms with Gasteiger partial charge in [-0.25, -0.2) is 0 Å². The maximum atomic E-state index is 4.56. The molecule has 10 rings (SSSR count). The molecular formula is C51H36N2. The highest BCUT2D eigenvalue weighted by Crippen LogP contribution is 2.50. The van der Waals surface area contributed by atoms with Crippen LogP contribution in [0.5, 0.6) is 0 Å². The zero-order chi connectivity index (χ0) is 35.1. The number of fused-ring (bicyclic) bond motifs is 7. The van der Waals surface area contributed by atoms with Crippen molar-refractivity contribution in [1.82, 2.24) is 4.98 Å². The molecule has 0 N–H and O–H groups in total. The zero-order valence-electron chi connectivity index (χ0n) is 29.3. The summed E-state index contributed by atoms with van der Waals surface area (Å²) in [5.41, 5.74) is 13.4. The largest absolute Gasteiger partial charge is 0.309 e. The predicted octanol–water partition coefficient (Wildman–Crippen LogP) is 14.0. The maximum Gasteiger partial charge on any atom is 0.0644 e. The van der Waals surface area contributed by atoms with Crippen molar-refractivity contribution in [1.29, 1.82) is 0 Å². The third-order valence-electron chi connectivity index (χ3n) is 10.8. The van der Waals surface area contributed by atoms with Gasteiger partial charge in [-0.3, -0.25) is 4.98 Å². The van der Waals surface area contributed by atoms with Gasteiger partial charge in [0.2, 0.25) is 0 Å². The molecule has 53 heavy (non-hydrogen) atoms. The molecule has 0 bridgehead atoms. The number of hydrogen-bond donors (Lipinski definition) is 0. The summed E-state index contributed by atoms with van der Waals surface area (Å²) in [5, 5.41) is 7.62. The summed E-state index contributed by atoms with van der Waals surface area (Å²) in [6.07, 6.45) is 10.6. The molecule has 1 aliphatic rings. The quantitative estimate of drug-likeness (QED) is 0.163. The molecule has 0 aliphatic heterocycles. The van der Waals surface area contributed by atoms with Gasteiger partial charge < -0.3 is 4.90 Å². The Morgan fingerprint density at radius 2 is 1.13 bits per heavy atom. The summed E-state index contributed by atoms with van der Waals surface area (Å²) in [5.74, 6) is 0. The van der Waals surface area contributed by atoms with Gasteiger partial charge in [0.25, 0.3) is 0 Å². The van der Waals surface area contributed by atoms with Crippen LogP contribution in [0.3, 0.4) is 0 Å². The lowest BCUT2D eigenvalue weighted by atomic mass is 9.78. The molecule has 2 heteroatoms. The summed E-state index contributed by atoms with van der Waals surface area (Å²) >= 11 is 0. The maximum absolute atomic E-state index is 4.56. The Morgan fingerprint density at radius 3 is 1.87 bits per heavy atom. The second-order valence-electron chi connectivity index (χ2n) is 13.8. The average molecular weight is 677 g/mol. The van der Waals surface area contributed by atoms with E-state index in [1.165, 1.54) is 76.8 Å². The minimum atomic E-state index is 0.986. The Morgan fingerprint density at radius 1 is 0.472 bits per heavy atom. The van der Waals surface area contributed by atoms with E-state index in [0.717, 1.165) is 29.9 Å². The summed E-state index contributed by atoms with van der Waals surface area (Å²) in [6, 6.07) is 61.8. The summed E-state index contributed by atoms with van der Waals surface area (Å²) in [4.78, 5) is 6.91. The van der Waals surface area contributed by atoms with Gasteiger partial charge in [-0.15, -0.1) is 0 Å². The van der Waals surface area contributed by atoms with Crippen molar-refractivity contribution in [2.24, 2.45) is 0 Å². The molecule has 1 heterocycles. The first-order valence-electron chi connectivity index (χ1n) is 18.4. The minimum absolute atomic E-state index is 0.986. The monoisotopic (exact) mass is 676 g/mol. The molecule has 0 fully saturated rings. The van der Waals surface area contributed by atoms with Crippen LogP contribution in [0.25, 0.3) is 71.8 Å². The van der Waals surface area contributed by atoms with Crippen molar-refractivity contribution in [3.8, 4) is 33.4 Å². The van der Waals surface area contributed by atoms with Gasteiger partial charge in [-0.05, 0) is 132 Å². The molecule has 0 saturated heterocycles. The van der Waals surface area contributed by atoms with E-state index >= 15 is 0 Å². The highest BCUT2D eigenvalue weighted by Gasteiger charge is 2.25. The Balaban J connectivity index is 1.34. The topological polar surface area (TPSA) is 16.1 Å². The van der Waals surface area contributed by atoms with E-state index in [2.05, 4.69) is 186 Å². The number of nitrogens with zero attached hydrogens (tertiary/aromatic N) is 2. The molecule has 0 atom stereocenters. The van der Waals surface area contributed by atoms with E-state index in [-0.39, 0.29) is 0 Å². The van der Waals surface area contributed by atoms with E-state index < -0.39 is 0 Å². The van der Waals surface area contributed by atoms with Crippen LogP contribution in [0.2, 0.25) is 0 Å². The molecule has 0 spiro atoms. The molecule has 8 aromatic carbocycles. The summed E-state index contributed by atoms with van der Waals surface area (Å²) < 4.78 is 0. The number of pyridine rings is 1. The molecule has 250 valence electrons. The van der Waals surface area contributed by atoms with Gasteiger partial charge in [0.1, 0.15) is 0 Å². The lowest BCUT2D eigenvalue weighted by Gasteiger charge is -2.28. The smallest absolute Gasteiger partial charge is 0.0644 e. The first kappa shape index (κ1) is 31.0. The number of hydrogen-bond acceptors (Lipinski definition) is 2. The third kappa shape index (κ3) is 5.39. The van der Waals surface area contributed by atoms with Gasteiger partial charge in [0.15, 0.2) is 0 Å². The zero-order valence-corrected chi connectivity index (χ0v) is 29.3. The summed E-state index contributed by atoms with van der Waals surface area (Å²) in [7, 11) is 0. The second kappa shape index (κ2) is 13.1. The first-order valence-corrected chi connectivity index (χ1v) is 18.4. The van der Waals surface area contributed by atoms with Crippen LogP contribution in [0.15, 0.2) is 188 Å². The normalized spacial score (nSPS) is 12.3. The average Bonchev–Trinajstić information content (AvgIpc) is 3.24. The molecule has 2 nitrogen and oxygen atoms in total. The lowest BCUT2D eigenvalue weighted by Crippen LogP contribution is -2.10. The Hall–Kier alpha value is -6.77. The predicted molar refractivity (Wildman–Crippen MR) is 225 cm³/mol. The number of benzene rings is 8. The molecule has 1 aliphatic carbocycles. The van der Waals surface area contributed by atoms with E-state index in [0.29, 0.717) is 0 Å². The standard InChI is InChI=1S/C51H36N2/c1-4-16-36(17-5-1)46-33-47(37-18-6-2-7-19-37)50-44-25-13-12-24-43(44)48-32-41(28-29-45(48)51(50)49(46)38-20-8-3-9-21-38)53(42-23-14-30-52-34-42)40-27-26-35-15-10-11-22-39(35)31-40/h1-11,13-23,25-34H,12,24H2. The molecule has 0 saturated carbocycles. The van der Waals surface area contributed by atoms with E-state index in [9.17, 15) is 0 Å². The van der Waals surface area contributed by atoms with Crippen molar-refractivity contribution in [2.45, 2.75) is 12.8 Å². The molecule has 1 aromatic heterocycles. The van der Waals surface area contributed by atoms with Gasteiger partial charge in [-0.2, -0.15) is 0 Å². The number of aromatic nitrogens is 1. The van der Waals surface area contributed by atoms with Crippen LogP contribution < -0.4 is 4.90 Å². The number of anilines is 3. The van der Waals surface area contributed by atoms with Crippen molar-refractivity contribution in [2.75, 3.05) is 4.90 Å². The van der Waals surface area contributed by atoms with Crippen molar-refractivity contribution in [3.05, 3.63) is 199 Å². The molecule has 9 aromatic rings. The molecule has 0 radical (unpaired) electrons. The van der Waals surface area contributed by atoms with Crippen molar-refractivity contribution in [3.63, 3.8) is 0 Å². The SMILES string of the molecule is C1=Cc2c(c3cc(N(c4cccnc4)c4ccc5ccccc5c4)ccc3c3c(-c4ccccc4)c(-c4ccccc4)cc(-c4ccccc4)c23)CC1. The summed E-state index contributed by atoms with van der Waals surface area (Å²) in [6.45, 7) is 0. The Bertz CT molecular complexity index is 2810. The fourth-order valence-corrected chi connectivity index (χ4v) is 8.39. The van der Waals surface area contributed by atoms with Crippen LogP contribution in [0.4, 0.5) is 17.1 Å². The van der Waals surface area contributed by atoms with Crippen LogP contribution in [0.1, 0.15) is 17.5 Å². The van der Waals surface area contributed by atoms with E-state index in [1.807, 2.05) is 18.5 Å². The molecular weight excluding hydrogens is 641 g/mol. The van der Waals surface area contributed by atoms with Gasteiger partial charge in [0, 0.05) is 17.6 Å². The molecule has 0 unspecified atom stereocenters. The fraction of sp³-hybridized carbons (Fsp3) is 0.0392.